The van der Waals surface area contributed by atoms with Crippen molar-refractivity contribution < 1.29 is 55.5 Å². The van der Waals surface area contributed by atoms with Crippen molar-refractivity contribution in [1.29, 1.82) is 0 Å². The summed E-state index contributed by atoms with van der Waals surface area (Å²) in [6, 6.07) is 1.93. The largest absolute Gasteiger partial charge is 0.480 e. The fourth-order valence-electron chi connectivity index (χ4n) is 2.21. The van der Waals surface area contributed by atoms with Gasteiger partial charge in [-0.15, -0.1) is 0 Å². The van der Waals surface area contributed by atoms with Gasteiger partial charge in [0.05, 0.1) is 18.1 Å². The van der Waals surface area contributed by atoms with E-state index >= 15 is 0 Å². The summed E-state index contributed by atoms with van der Waals surface area (Å²) in [4.78, 5) is 47.0. The number of nitro benzene ring substituents is 1. The highest BCUT2D eigenvalue weighted by atomic mass is 19.4. The van der Waals surface area contributed by atoms with E-state index in [9.17, 15) is 46.5 Å². The van der Waals surface area contributed by atoms with Gasteiger partial charge in [0.2, 0.25) is 5.54 Å². The lowest BCUT2D eigenvalue weighted by molar-refractivity contribution is -0.386. The van der Waals surface area contributed by atoms with E-state index in [4.69, 9.17) is 9.47 Å². The van der Waals surface area contributed by atoms with Crippen molar-refractivity contribution in [3.05, 3.63) is 33.9 Å². The first-order valence-corrected chi connectivity index (χ1v) is 9.13. The molecule has 0 bridgehead atoms. The maximum absolute atomic E-state index is 13.2. The molecule has 0 aromatic heterocycles. The van der Waals surface area contributed by atoms with Gasteiger partial charge in [-0.25, -0.2) is 9.59 Å². The van der Waals surface area contributed by atoms with Crippen molar-refractivity contribution in [1.82, 2.24) is 5.32 Å². The number of nitro groups is 1. The molecular formula is C18H19F5N2O8. The Balaban J connectivity index is 3.30. The highest BCUT2D eigenvalue weighted by Crippen LogP contribution is 2.37. The van der Waals surface area contributed by atoms with Crippen LogP contribution in [0.15, 0.2) is 18.2 Å². The summed E-state index contributed by atoms with van der Waals surface area (Å²) in [6.45, 7) is 1.14. The molecule has 1 aromatic rings. The lowest BCUT2D eigenvalue weighted by atomic mass is 10.0. The molecule has 15 heteroatoms. The first-order chi connectivity index (χ1) is 15.1. The summed E-state index contributed by atoms with van der Waals surface area (Å²) in [5, 5.41) is 13.1. The molecule has 0 spiro atoms. The van der Waals surface area contributed by atoms with Gasteiger partial charge in [0.1, 0.15) is 0 Å². The molecule has 0 fully saturated rings. The smallest absolute Gasteiger partial charge is 0.456 e. The standard InChI is InChI=1S/C18H19F5N2O8/c1-4-31-14(27)16(3,15(28)32-5-2)24-13(26)10-6-7-11(25(29)30)12(8-10)33-9-17(19,20)18(21,22)23/h6-8H,4-5,9H2,1-3H3,(H,24,26). The van der Waals surface area contributed by atoms with Crippen LogP contribution in [0.25, 0.3) is 0 Å². The topological polar surface area (TPSA) is 134 Å². The maximum Gasteiger partial charge on any atom is 0.456 e. The predicted molar refractivity (Wildman–Crippen MR) is 98.7 cm³/mol. The van der Waals surface area contributed by atoms with Crippen LogP contribution in [0.3, 0.4) is 0 Å². The number of rotatable bonds is 10. The zero-order chi connectivity index (χ0) is 25.6. The number of nitrogens with one attached hydrogen (secondary N) is 1. The Bertz CT molecular complexity index is 902. The molecule has 0 aliphatic carbocycles. The van der Waals surface area contributed by atoms with Crippen molar-refractivity contribution in [3.8, 4) is 5.75 Å². The van der Waals surface area contributed by atoms with Crippen LogP contribution in [0.4, 0.5) is 27.6 Å². The monoisotopic (exact) mass is 486 g/mol. The number of ether oxygens (including phenoxy) is 3. The molecule has 0 heterocycles. The van der Waals surface area contributed by atoms with E-state index < -0.39 is 64.0 Å². The average Bonchev–Trinajstić information content (AvgIpc) is 2.71. The Hall–Kier alpha value is -3.52. The molecule has 33 heavy (non-hydrogen) atoms. The molecule has 1 rings (SSSR count). The summed E-state index contributed by atoms with van der Waals surface area (Å²) in [5.74, 6) is -10.1. The minimum absolute atomic E-state index is 0.174. The van der Waals surface area contributed by atoms with Crippen LogP contribution in [-0.2, 0) is 19.1 Å². The van der Waals surface area contributed by atoms with Gasteiger partial charge in [0, 0.05) is 17.7 Å². The third kappa shape index (κ3) is 6.49. The summed E-state index contributed by atoms with van der Waals surface area (Å²) in [6.07, 6.45) is -5.99. The quantitative estimate of drug-likeness (QED) is 0.175. The number of carbonyl (C=O) groups excluding carboxylic acids is 3. The Kier molecular flexibility index (Phi) is 8.67. The number of carbonyl (C=O) groups is 3. The number of hydrogen-bond donors (Lipinski definition) is 1. The highest BCUT2D eigenvalue weighted by molar-refractivity contribution is 6.09. The summed E-state index contributed by atoms with van der Waals surface area (Å²) < 4.78 is 77.1. The lowest BCUT2D eigenvalue weighted by Gasteiger charge is -2.26. The third-order valence-corrected chi connectivity index (χ3v) is 3.97. The SMILES string of the molecule is CCOC(=O)C(C)(NC(=O)c1ccc([N+](=O)[O-])c(OCC(F)(F)C(F)(F)F)c1)C(=O)OCC. The average molecular weight is 486 g/mol. The second-order valence-corrected chi connectivity index (χ2v) is 6.45. The maximum atomic E-state index is 13.2. The fraction of sp³-hybridized carbons (Fsp3) is 0.500. The van der Waals surface area contributed by atoms with Crippen LogP contribution >= 0.6 is 0 Å². The number of esters is 2. The molecule has 0 unspecified atom stereocenters. The van der Waals surface area contributed by atoms with Gasteiger partial charge >= 0.3 is 29.7 Å². The molecule has 10 nitrogen and oxygen atoms in total. The summed E-state index contributed by atoms with van der Waals surface area (Å²) in [7, 11) is 0. The number of benzene rings is 1. The molecule has 0 radical (unpaired) electrons. The molecule has 0 aliphatic heterocycles. The van der Waals surface area contributed by atoms with Crippen molar-refractivity contribution in [2.24, 2.45) is 0 Å². The summed E-state index contributed by atoms with van der Waals surface area (Å²) >= 11 is 0. The molecule has 0 aliphatic rings. The van der Waals surface area contributed by atoms with Gasteiger partial charge in [-0.3, -0.25) is 14.9 Å². The Morgan fingerprint density at radius 3 is 1.97 bits per heavy atom. The van der Waals surface area contributed by atoms with Gasteiger partial charge in [-0.1, -0.05) is 0 Å². The molecule has 1 N–H and O–H groups in total. The minimum Gasteiger partial charge on any atom is -0.480 e. The van der Waals surface area contributed by atoms with Gasteiger partial charge in [-0.05, 0) is 26.8 Å². The van der Waals surface area contributed by atoms with Gasteiger partial charge in [-0.2, -0.15) is 22.0 Å². The van der Waals surface area contributed by atoms with Crippen LogP contribution < -0.4 is 10.1 Å². The first kappa shape index (κ1) is 27.5. The van der Waals surface area contributed by atoms with Crippen molar-refractivity contribution in [3.63, 3.8) is 0 Å². The normalized spacial score (nSPS) is 12.0. The van der Waals surface area contributed by atoms with Crippen molar-refractivity contribution >= 4 is 23.5 Å². The Morgan fingerprint density at radius 2 is 1.55 bits per heavy atom. The number of halogens is 5. The number of hydrogen-bond acceptors (Lipinski definition) is 8. The van der Waals surface area contributed by atoms with E-state index in [1.165, 1.54) is 13.8 Å². The van der Waals surface area contributed by atoms with E-state index in [0.717, 1.165) is 13.0 Å². The second kappa shape index (κ2) is 10.4. The zero-order valence-corrected chi connectivity index (χ0v) is 17.5. The first-order valence-electron chi connectivity index (χ1n) is 9.13. The summed E-state index contributed by atoms with van der Waals surface area (Å²) in [5.41, 5.74) is -3.94. The Morgan fingerprint density at radius 1 is 1.03 bits per heavy atom. The van der Waals surface area contributed by atoms with Crippen molar-refractivity contribution in [2.45, 2.75) is 38.4 Å². The highest BCUT2D eigenvalue weighted by Gasteiger charge is 2.58. The second-order valence-electron chi connectivity index (χ2n) is 6.45. The number of alkyl halides is 5. The van der Waals surface area contributed by atoms with Crippen LogP contribution in [0.2, 0.25) is 0 Å². The fourth-order valence-corrected chi connectivity index (χ4v) is 2.21. The van der Waals surface area contributed by atoms with Gasteiger partial charge in [0.25, 0.3) is 5.91 Å². The Labute approximate surface area is 183 Å². The molecular weight excluding hydrogens is 467 g/mol. The molecule has 0 atom stereocenters. The van der Waals surface area contributed by atoms with Crippen LogP contribution in [0.5, 0.6) is 5.75 Å². The molecule has 0 saturated carbocycles. The molecule has 1 aromatic carbocycles. The van der Waals surface area contributed by atoms with Gasteiger partial charge in [0.15, 0.2) is 12.4 Å². The van der Waals surface area contributed by atoms with E-state index in [0.29, 0.717) is 12.1 Å². The zero-order valence-electron chi connectivity index (χ0n) is 17.5. The third-order valence-electron chi connectivity index (χ3n) is 3.97. The van der Waals surface area contributed by atoms with E-state index in [1.54, 1.807) is 0 Å². The van der Waals surface area contributed by atoms with Crippen LogP contribution in [-0.4, -0.2) is 60.2 Å². The molecule has 184 valence electrons. The van der Waals surface area contributed by atoms with E-state index in [-0.39, 0.29) is 13.2 Å². The van der Waals surface area contributed by atoms with Crippen LogP contribution in [0.1, 0.15) is 31.1 Å². The van der Waals surface area contributed by atoms with E-state index in [2.05, 4.69) is 4.74 Å². The van der Waals surface area contributed by atoms with Gasteiger partial charge < -0.3 is 19.5 Å². The van der Waals surface area contributed by atoms with Crippen LogP contribution in [0, 0.1) is 10.1 Å². The van der Waals surface area contributed by atoms with E-state index in [1.807, 2.05) is 5.32 Å². The number of amides is 1. The predicted octanol–water partition coefficient (Wildman–Crippen LogP) is 2.79. The minimum atomic E-state index is -5.99. The molecule has 0 saturated heterocycles. The lowest BCUT2D eigenvalue weighted by Crippen LogP contribution is -2.59. The number of nitrogens with zero attached hydrogens (tertiary/aromatic N) is 1. The van der Waals surface area contributed by atoms with Crippen molar-refractivity contribution in [2.75, 3.05) is 19.8 Å². The molecule has 1 amide bonds.